The van der Waals surface area contributed by atoms with Crippen molar-refractivity contribution in [2.75, 3.05) is 0 Å². The number of hydrogen-bond donors (Lipinski definition) is 2. The number of amides is 1. The second kappa shape index (κ2) is 6.49. The molecule has 6 nitrogen and oxygen atoms in total. The summed E-state index contributed by atoms with van der Waals surface area (Å²) >= 11 is 0. The number of aromatic nitrogens is 2. The first-order chi connectivity index (χ1) is 12.0. The molecule has 0 aliphatic rings. The summed E-state index contributed by atoms with van der Waals surface area (Å²) in [4.78, 5) is 28.7. The van der Waals surface area contributed by atoms with Crippen LogP contribution in [-0.2, 0) is 0 Å². The van der Waals surface area contributed by atoms with Crippen molar-refractivity contribution in [2.24, 2.45) is 0 Å². The Labute approximate surface area is 143 Å². The van der Waals surface area contributed by atoms with Crippen LogP contribution in [0.2, 0.25) is 0 Å². The third-order valence-corrected chi connectivity index (χ3v) is 3.82. The summed E-state index contributed by atoms with van der Waals surface area (Å²) in [6.45, 7) is 1.63. The standard InChI is InChI=1S/C19H15N3O3/c1-3-13-8-7-11-15-16(13)18(23)22(14-9-5-4-6-10-14)17(21-15)12(2)20-19(24)25/h1,4-12,20H,2H3,(H,24,25). The smallest absolute Gasteiger partial charge is 0.405 e. The molecule has 3 aromatic rings. The molecule has 25 heavy (non-hydrogen) atoms. The molecule has 0 saturated heterocycles. The zero-order valence-electron chi connectivity index (χ0n) is 13.4. The van der Waals surface area contributed by atoms with Gasteiger partial charge in [0.2, 0.25) is 0 Å². The summed E-state index contributed by atoms with van der Waals surface area (Å²) in [6, 6.07) is 13.3. The SMILES string of the molecule is C#Cc1cccc2nc(C(C)NC(=O)O)n(-c3ccccc3)c(=O)c12. The zero-order chi connectivity index (χ0) is 18.0. The van der Waals surface area contributed by atoms with Crippen LogP contribution >= 0.6 is 0 Å². The van der Waals surface area contributed by atoms with Crippen molar-refractivity contribution >= 4 is 17.0 Å². The minimum absolute atomic E-state index is 0.292. The van der Waals surface area contributed by atoms with Crippen LogP contribution in [0.15, 0.2) is 53.3 Å². The van der Waals surface area contributed by atoms with Crippen LogP contribution in [0.1, 0.15) is 24.4 Å². The number of carboxylic acid groups (broad SMARTS) is 1. The molecule has 0 bridgehead atoms. The minimum atomic E-state index is -1.20. The Hall–Kier alpha value is -3.59. The van der Waals surface area contributed by atoms with Crippen LogP contribution in [0, 0.1) is 12.3 Å². The Balaban J connectivity index is 2.40. The summed E-state index contributed by atoms with van der Waals surface area (Å²) in [5.41, 5.74) is 1.13. The molecule has 2 N–H and O–H groups in total. The predicted octanol–water partition coefficient (Wildman–Crippen LogP) is 2.70. The lowest BCUT2D eigenvalue weighted by Crippen LogP contribution is -2.32. The fourth-order valence-corrected chi connectivity index (χ4v) is 2.73. The van der Waals surface area contributed by atoms with E-state index in [9.17, 15) is 9.59 Å². The summed E-state index contributed by atoms with van der Waals surface area (Å²) in [5.74, 6) is 2.80. The van der Waals surface area contributed by atoms with E-state index in [0.29, 0.717) is 28.0 Å². The van der Waals surface area contributed by atoms with Gasteiger partial charge in [0.05, 0.1) is 22.6 Å². The molecule has 6 heteroatoms. The van der Waals surface area contributed by atoms with Gasteiger partial charge in [0.1, 0.15) is 5.82 Å². The van der Waals surface area contributed by atoms with Gasteiger partial charge in [-0.05, 0) is 31.2 Å². The van der Waals surface area contributed by atoms with E-state index in [4.69, 9.17) is 11.5 Å². The normalized spacial score (nSPS) is 11.7. The Morgan fingerprint density at radius 1 is 1.24 bits per heavy atom. The summed E-state index contributed by atoms with van der Waals surface area (Å²) < 4.78 is 1.39. The minimum Gasteiger partial charge on any atom is -0.465 e. The highest BCUT2D eigenvalue weighted by molar-refractivity contribution is 5.84. The number of hydrogen-bond acceptors (Lipinski definition) is 3. The van der Waals surface area contributed by atoms with Crippen LogP contribution in [0.25, 0.3) is 16.6 Å². The second-order valence-corrected chi connectivity index (χ2v) is 5.46. The third kappa shape index (κ3) is 2.95. The lowest BCUT2D eigenvalue weighted by atomic mass is 10.1. The third-order valence-electron chi connectivity index (χ3n) is 3.82. The lowest BCUT2D eigenvalue weighted by molar-refractivity contribution is 0.190. The largest absolute Gasteiger partial charge is 0.465 e. The van der Waals surface area contributed by atoms with Crippen LogP contribution in [0.5, 0.6) is 0 Å². The Kier molecular flexibility index (Phi) is 4.23. The van der Waals surface area contributed by atoms with Gasteiger partial charge in [0, 0.05) is 5.56 Å². The molecular weight excluding hydrogens is 318 g/mol. The maximum absolute atomic E-state index is 13.2. The van der Waals surface area contributed by atoms with E-state index in [0.717, 1.165) is 0 Å². The fourth-order valence-electron chi connectivity index (χ4n) is 2.73. The Bertz CT molecular complexity index is 1050. The topological polar surface area (TPSA) is 84.2 Å². The number of nitrogens with one attached hydrogen (secondary N) is 1. The second-order valence-electron chi connectivity index (χ2n) is 5.46. The van der Waals surface area contributed by atoms with E-state index in [2.05, 4.69) is 16.2 Å². The van der Waals surface area contributed by atoms with E-state index >= 15 is 0 Å². The molecule has 1 unspecified atom stereocenters. The molecule has 0 fully saturated rings. The van der Waals surface area contributed by atoms with Crippen molar-refractivity contribution in [1.82, 2.24) is 14.9 Å². The van der Waals surface area contributed by atoms with Gasteiger partial charge >= 0.3 is 6.09 Å². The molecule has 1 heterocycles. The zero-order valence-corrected chi connectivity index (χ0v) is 13.4. The highest BCUT2D eigenvalue weighted by Gasteiger charge is 2.20. The van der Waals surface area contributed by atoms with Gasteiger partial charge in [0.25, 0.3) is 5.56 Å². The molecule has 124 valence electrons. The first kappa shape index (κ1) is 16.3. The maximum Gasteiger partial charge on any atom is 0.405 e. The average Bonchev–Trinajstić information content (AvgIpc) is 2.61. The van der Waals surface area contributed by atoms with Crippen LogP contribution in [-0.4, -0.2) is 20.8 Å². The molecule has 0 aliphatic carbocycles. The first-order valence-electron chi connectivity index (χ1n) is 7.60. The van der Waals surface area contributed by atoms with Crippen molar-refractivity contribution in [3.8, 4) is 18.0 Å². The number of carbonyl (C=O) groups is 1. The average molecular weight is 333 g/mol. The molecular formula is C19H15N3O3. The van der Waals surface area contributed by atoms with Gasteiger partial charge in [-0.25, -0.2) is 9.78 Å². The van der Waals surface area contributed by atoms with Crippen LogP contribution in [0.3, 0.4) is 0 Å². The molecule has 1 atom stereocenters. The van der Waals surface area contributed by atoms with Gasteiger partial charge in [-0.2, -0.15) is 0 Å². The first-order valence-corrected chi connectivity index (χ1v) is 7.60. The number of benzene rings is 2. The van der Waals surface area contributed by atoms with Gasteiger partial charge < -0.3 is 10.4 Å². The lowest BCUT2D eigenvalue weighted by Gasteiger charge is -2.18. The summed E-state index contributed by atoms with van der Waals surface area (Å²) in [5, 5.41) is 11.7. The van der Waals surface area contributed by atoms with Gasteiger partial charge in [-0.3, -0.25) is 9.36 Å². The van der Waals surface area contributed by atoms with E-state index < -0.39 is 12.1 Å². The monoisotopic (exact) mass is 333 g/mol. The molecule has 1 amide bonds. The Morgan fingerprint density at radius 3 is 2.60 bits per heavy atom. The number of para-hydroxylation sites is 1. The summed E-state index contributed by atoms with van der Waals surface area (Å²) in [7, 11) is 0. The number of fused-ring (bicyclic) bond motifs is 1. The van der Waals surface area contributed by atoms with Crippen LogP contribution in [0.4, 0.5) is 4.79 Å². The fraction of sp³-hybridized carbons (Fsp3) is 0.105. The van der Waals surface area contributed by atoms with Gasteiger partial charge in [0.15, 0.2) is 0 Å². The van der Waals surface area contributed by atoms with Crippen molar-refractivity contribution in [1.29, 1.82) is 0 Å². The van der Waals surface area contributed by atoms with Crippen molar-refractivity contribution in [3.05, 3.63) is 70.3 Å². The predicted molar refractivity (Wildman–Crippen MR) is 94.9 cm³/mol. The van der Waals surface area contributed by atoms with Gasteiger partial charge in [-0.1, -0.05) is 30.2 Å². The van der Waals surface area contributed by atoms with Crippen molar-refractivity contribution < 1.29 is 9.90 Å². The van der Waals surface area contributed by atoms with E-state index in [1.165, 1.54) is 4.57 Å². The molecule has 2 aromatic carbocycles. The highest BCUT2D eigenvalue weighted by atomic mass is 16.4. The van der Waals surface area contributed by atoms with E-state index in [1.54, 1.807) is 49.4 Å². The molecule has 0 spiro atoms. The van der Waals surface area contributed by atoms with Crippen molar-refractivity contribution in [3.63, 3.8) is 0 Å². The van der Waals surface area contributed by atoms with Crippen LogP contribution < -0.4 is 10.9 Å². The van der Waals surface area contributed by atoms with E-state index in [1.807, 2.05) is 6.07 Å². The number of rotatable bonds is 3. The molecule has 1 aromatic heterocycles. The Morgan fingerprint density at radius 2 is 1.96 bits per heavy atom. The highest BCUT2D eigenvalue weighted by Crippen LogP contribution is 2.19. The van der Waals surface area contributed by atoms with Gasteiger partial charge in [-0.15, -0.1) is 6.42 Å². The number of nitrogens with zero attached hydrogens (tertiary/aromatic N) is 2. The molecule has 0 aliphatic heterocycles. The number of terminal acetylenes is 1. The molecule has 0 saturated carbocycles. The van der Waals surface area contributed by atoms with Crippen molar-refractivity contribution in [2.45, 2.75) is 13.0 Å². The van der Waals surface area contributed by atoms with E-state index in [-0.39, 0.29) is 5.56 Å². The summed E-state index contributed by atoms with van der Waals surface area (Å²) in [6.07, 6.45) is 4.33. The molecule has 3 rings (SSSR count). The maximum atomic E-state index is 13.2. The quantitative estimate of drug-likeness (QED) is 0.722. The molecule has 0 radical (unpaired) electrons.